The van der Waals surface area contributed by atoms with Gasteiger partial charge in [-0.15, -0.1) is 0 Å². The minimum absolute atomic E-state index is 0.275. The molecule has 4 heteroatoms. The van der Waals surface area contributed by atoms with Crippen LogP contribution in [0.15, 0.2) is 54.6 Å². The van der Waals surface area contributed by atoms with E-state index < -0.39 is 6.10 Å². The summed E-state index contributed by atoms with van der Waals surface area (Å²) in [6, 6.07) is 17.9. The molecule has 2 aromatic carbocycles. The lowest BCUT2D eigenvalue weighted by Crippen LogP contribution is -2.21. The van der Waals surface area contributed by atoms with Gasteiger partial charge in [-0.1, -0.05) is 54.6 Å². The number of nitrogens with one attached hydrogen (secondary N) is 1. The minimum Gasteiger partial charge on any atom is -0.393 e. The number of amides is 1. The lowest BCUT2D eigenvalue weighted by atomic mass is 10.1. The zero-order valence-corrected chi connectivity index (χ0v) is 13.8. The third kappa shape index (κ3) is 6.94. The van der Waals surface area contributed by atoms with Crippen LogP contribution in [-0.2, 0) is 24.2 Å². The first-order chi connectivity index (χ1) is 11.6. The standard InChI is InChI=1S/C20H25N2O2/c21-20(24)14-17-6-8-18(9-7-17)15-22-13-12-19(23)11-10-16-4-2-1-3-5-16/h1-9,11,19,22-23H,10,12-15H2,(H2,21,24)/t19-/m1/s1. The summed E-state index contributed by atoms with van der Waals surface area (Å²) in [5, 5.41) is 13.3. The largest absolute Gasteiger partial charge is 0.393 e. The Labute approximate surface area is 143 Å². The van der Waals surface area contributed by atoms with Crippen LogP contribution in [0, 0.1) is 6.42 Å². The zero-order chi connectivity index (χ0) is 17.2. The Morgan fingerprint density at radius 1 is 1.04 bits per heavy atom. The summed E-state index contributed by atoms with van der Waals surface area (Å²) < 4.78 is 0. The smallest absolute Gasteiger partial charge is 0.221 e. The SMILES string of the molecule is NC(=O)Cc1ccc(CNCC[C@H](O)[CH]Cc2ccccc2)cc1. The molecule has 0 aliphatic carbocycles. The number of carbonyl (C=O) groups excluding carboxylic acids is 1. The second-order valence-corrected chi connectivity index (χ2v) is 5.92. The van der Waals surface area contributed by atoms with Gasteiger partial charge in [0.2, 0.25) is 5.91 Å². The van der Waals surface area contributed by atoms with Gasteiger partial charge in [0.05, 0.1) is 12.5 Å². The third-order valence-electron chi connectivity index (χ3n) is 3.82. The van der Waals surface area contributed by atoms with E-state index in [1.807, 2.05) is 48.9 Å². The van der Waals surface area contributed by atoms with Crippen LogP contribution in [0.1, 0.15) is 23.1 Å². The van der Waals surface area contributed by atoms with E-state index in [0.717, 1.165) is 30.6 Å². The molecule has 4 N–H and O–H groups in total. The third-order valence-corrected chi connectivity index (χ3v) is 3.82. The molecule has 0 fully saturated rings. The number of benzene rings is 2. The molecule has 2 aromatic rings. The monoisotopic (exact) mass is 325 g/mol. The van der Waals surface area contributed by atoms with Crippen LogP contribution in [0.4, 0.5) is 0 Å². The number of hydrogen-bond donors (Lipinski definition) is 3. The van der Waals surface area contributed by atoms with Crippen LogP contribution in [0.2, 0.25) is 0 Å². The fraction of sp³-hybridized carbons (Fsp3) is 0.300. The second kappa shape index (κ2) is 9.85. The molecule has 1 radical (unpaired) electrons. The number of hydrogen-bond acceptors (Lipinski definition) is 3. The number of carbonyl (C=O) groups is 1. The van der Waals surface area contributed by atoms with Gasteiger partial charge in [0.1, 0.15) is 0 Å². The summed E-state index contributed by atoms with van der Waals surface area (Å²) >= 11 is 0. The molecule has 1 amide bonds. The summed E-state index contributed by atoms with van der Waals surface area (Å²) in [7, 11) is 0. The van der Waals surface area contributed by atoms with Crippen molar-refractivity contribution in [1.82, 2.24) is 5.32 Å². The highest BCUT2D eigenvalue weighted by atomic mass is 16.3. The molecular formula is C20H25N2O2. The number of rotatable bonds is 10. The van der Waals surface area contributed by atoms with E-state index in [0.29, 0.717) is 6.42 Å². The van der Waals surface area contributed by atoms with E-state index in [1.165, 1.54) is 5.56 Å². The Hall–Kier alpha value is -2.17. The highest BCUT2D eigenvalue weighted by molar-refractivity contribution is 5.76. The Bertz CT molecular complexity index is 611. The summed E-state index contributed by atoms with van der Waals surface area (Å²) in [5.74, 6) is -0.318. The van der Waals surface area contributed by atoms with Crippen LogP contribution >= 0.6 is 0 Å². The molecule has 1 atom stereocenters. The van der Waals surface area contributed by atoms with Crippen LogP contribution in [0.5, 0.6) is 0 Å². The van der Waals surface area contributed by atoms with Gasteiger partial charge in [0, 0.05) is 6.54 Å². The van der Waals surface area contributed by atoms with Crippen molar-refractivity contribution in [1.29, 1.82) is 0 Å². The van der Waals surface area contributed by atoms with Gasteiger partial charge < -0.3 is 16.2 Å². The number of aliphatic hydroxyl groups excluding tert-OH is 1. The highest BCUT2D eigenvalue weighted by Gasteiger charge is 2.05. The Balaban J connectivity index is 1.61. The van der Waals surface area contributed by atoms with E-state index in [4.69, 9.17) is 5.73 Å². The van der Waals surface area contributed by atoms with Crippen molar-refractivity contribution in [2.45, 2.75) is 31.9 Å². The molecule has 0 saturated carbocycles. The normalized spacial score (nSPS) is 12.0. The Morgan fingerprint density at radius 3 is 2.38 bits per heavy atom. The molecule has 2 rings (SSSR count). The molecule has 127 valence electrons. The summed E-state index contributed by atoms with van der Waals surface area (Å²) in [5.41, 5.74) is 8.45. The second-order valence-electron chi connectivity index (χ2n) is 5.92. The lowest BCUT2D eigenvalue weighted by Gasteiger charge is -2.11. The first-order valence-corrected chi connectivity index (χ1v) is 8.25. The average molecular weight is 325 g/mol. The molecule has 0 unspecified atom stereocenters. The first-order valence-electron chi connectivity index (χ1n) is 8.25. The highest BCUT2D eigenvalue weighted by Crippen LogP contribution is 2.07. The van der Waals surface area contributed by atoms with E-state index in [-0.39, 0.29) is 12.3 Å². The molecule has 0 bridgehead atoms. The summed E-state index contributed by atoms with van der Waals surface area (Å²) in [4.78, 5) is 10.9. The van der Waals surface area contributed by atoms with E-state index in [1.54, 1.807) is 0 Å². The minimum atomic E-state index is -0.407. The van der Waals surface area contributed by atoms with Gasteiger partial charge in [-0.05, 0) is 42.5 Å². The van der Waals surface area contributed by atoms with Gasteiger partial charge in [0.25, 0.3) is 0 Å². The van der Waals surface area contributed by atoms with Gasteiger partial charge in [-0.2, -0.15) is 0 Å². The maximum Gasteiger partial charge on any atom is 0.221 e. The van der Waals surface area contributed by atoms with Gasteiger partial charge in [-0.3, -0.25) is 4.79 Å². The van der Waals surface area contributed by atoms with Crippen molar-refractivity contribution in [2.24, 2.45) is 5.73 Å². The number of aliphatic hydroxyl groups is 1. The molecule has 0 aliphatic heterocycles. The fourth-order valence-corrected chi connectivity index (χ4v) is 2.46. The van der Waals surface area contributed by atoms with Crippen molar-refractivity contribution >= 4 is 5.91 Å². The zero-order valence-electron chi connectivity index (χ0n) is 13.8. The predicted molar refractivity (Wildman–Crippen MR) is 96.1 cm³/mol. The molecule has 0 aromatic heterocycles. The van der Waals surface area contributed by atoms with Crippen LogP contribution in [-0.4, -0.2) is 23.7 Å². The van der Waals surface area contributed by atoms with E-state index in [9.17, 15) is 9.90 Å². The van der Waals surface area contributed by atoms with Crippen LogP contribution in [0.25, 0.3) is 0 Å². The molecule has 24 heavy (non-hydrogen) atoms. The molecular weight excluding hydrogens is 300 g/mol. The van der Waals surface area contributed by atoms with Gasteiger partial charge in [0.15, 0.2) is 0 Å². The topological polar surface area (TPSA) is 75.4 Å². The summed E-state index contributed by atoms with van der Waals surface area (Å²) in [6.45, 7) is 1.48. The molecule has 0 aliphatic rings. The predicted octanol–water partition coefficient (Wildman–Crippen LogP) is 2.00. The van der Waals surface area contributed by atoms with Gasteiger partial charge >= 0.3 is 0 Å². The summed E-state index contributed by atoms with van der Waals surface area (Å²) in [6.07, 6.45) is 3.28. The van der Waals surface area contributed by atoms with E-state index >= 15 is 0 Å². The van der Waals surface area contributed by atoms with Crippen molar-refractivity contribution in [3.8, 4) is 0 Å². The number of primary amides is 1. The van der Waals surface area contributed by atoms with Crippen molar-refractivity contribution < 1.29 is 9.90 Å². The molecule has 0 spiro atoms. The Kier molecular flexibility index (Phi) is 7.46. The quantitative estimate of drug-likeness (QED) is 0.585. The van der Waals surface area contributed by atoms with Crippen LogP contribution in [0.3, 0.4) is 0 Å². The maximum absolute atomic E-state index is 10.9. The average Bonchev–Trinajstić information content (AvgIpc) is 2.59. The fourth-order valence-electron chi connectivity index (χ4n) is 2.46. The van der Waals surface area contributed by atoms with Crippen molar-refractivity contribution in [3.05, 3.63) is 77.7 Å². The number of nitrogens with two attached hydrogens (primary N) is 1. The van der Waals surface area contributed by atoms with Crippen LogP contribution < -0.4 is 11.1 Å². The lowest BCUT2D eigenvalue weighted by molar-refractivity contribution is -0.117. The Morgan fingerprint density at radius 2 is 1.71 bits per heavy atom. The first kappa shape index (κ1) is 18.2. The van der Waals surface area contributed by atoms with E-state index in [2.05, 4.69) is 17.4 Å². The van der Waals surface area contributed by atoms with Crippen molar-refractivity contribution in [2.75, 3.05) is 6.54 Å². The maximum atomic E-state index is 10.9. The molecule has 0 saturated heterocycles. The van der Waals surface area contributed by atoms with Gasteiger partial charge in [-0.25, -0.2) is 0 Å². The molecule has 0 heterocycles. The van der Waals surface area contributed by atoms with Crippen molar-refractivity contribution in [3.63, 3.8) is 0 Å². The molecule has 4 nitrogen and oxygen atoms in total.